The molecule has 164 valence electrons. The normalized spacial score (nSPS) is 23.1. The van der Waals surface area contributed by atoms with Gasteiger partial charge in [0.1, 0.15) is 6.10 Å². The zero-order chi connectivity index (χ0) is 20.9. The fourth-order valence-electron chi connectivity index (χ4n) is 4.43. The lowest BCUT2D eigenvalue weighted by Gasteiger charge is -2.27. The number of aromatic nitrogens is 3. The van der Waals surface area contributed by atoms with E-state index in [0.717, 1.165) is 81.0 Å². The molecule has 2 aromatic rings. The maximum atomic E-state index is 9.92. The number of pyridine rings is 1. The molecule has 1 aliphatic carbocycles. The fourth-order valence-corrected chi connectivity index (χ4v) is 4.43. The molecule has 2 aliphatic rings. The Balaban J connectivity index is 1.63. The van der Waals surface area contributed by atoms with Gasteiger partial charge in [0.2, 0.25) is 11.8 Å². The Bertz CT molecular complexity index is 830. The summed E-state index contributed by atoms with van der Waals surface area (Å²) in [6, 6.07) is 0. The van der Waals surface area contributed by atoms with Crippen molar-refractivity contribution in [3.05, 3.63) is 18.0 Å². The summed E-state index contributed by atoms with van der Waals surface area (Å²) in [5.74, 6) is 2.32. The minimum atomic E-state index is -0.175. The van der Waals surface area contributed by atoms with Crippen molar-refractivity contribution < 1.29 is 9.84 Å². The van der Waals surface area contributed by atoms with Gasteiger partial charge in [0.15, 0.2) is 0 Å². The highest BCUT2D eigenvalue weighted by Crippen LogP contribution is 2.38. The van der Waals surface area contributed by atoms with Gasteiger partial charge in [-0.1, -0.05) is 13.8 Å². The molecule has 0 radical (unpaired) electrons. The molecule has 3 N–H and O–H groups in total. The largest absolute Gasteiger partial charge is 0.474 e. The SMILES string of the molecule is CC(C)CCNc1ncc2c(OC3CCNCC3)ncc([C@H]3CC[C@H](O)CC3)c2n1. The van der Waals surface area contributed by atoms with Gasteiger partial charge in [-0.3, -0.25) is 0 Å². The first-order valence-corrected chi connectivity index (χ1v) is 11.5. The summed E-state index contributed by atoms with van der Waals surface area (Å²) in [5.41, 5.74) is 2.10. The van der Waals surface area contributed by atoms with Crippen LogP contribution in [0.25, 0.3) is 10.9 Å². The Kier molecular flexibility index (Phi) is 7.00. The molecule has 0 spiro atoms. The molecule has 0 atom stereocenters. The molecule has 7 nitrogen and oxygen atoms in total. The smallest absolute Gasteiger partial charge is 0.224 e. The summed E-state index contributed by atoms with van der Waals surface area (Å²) < 4.78 is 6.29. The maximum absolute atomic E-state index is 9.92. The summed E-state index contributed by atoms with van der Waals surface area (Å²) in [5, 5.41) is 17.6. The van der Waals surface area contributed by atoms with Crippen molar-refractivity contribution in [3.63, 3.8) is 0 Å². The molecule has 0 aromatic carbocycles. The monoisotopic (exact) mass is 413 g/mol. The lowest BCUT2D eigenvalue weighted by molar-refractivity contribution is 0.122. The summed E-state index contributed by atoms with van der Waals surface area (Å²) in [6.07, 6.45) is 10.5. The van der Waals surface area contributed by atoms with Gasteiger partial charge in [-0.05, 0) is 69.9 Å². The number of fused-ring (bicyclic) bond motifs is 1. The molecule has 1 aliphatic heterocycles. The van der Waals surface area contributed by atoms with Crippen LogP contribution in [-0.2, 0) is 0 Å². The Hall–Kier alpha value is -1.99. The third-order valence-electron chi connectivity index (χ3n) is 6.32. The van der Waals surface area contributed by atoms with Gasteiger partial charge >= 0.3 is 0 Å². The number of nitrogens with zero attached hydrogens (tertiary/aromatic N) is 3. The number of nitrogens with one attached hydrogen (secondary N) is 2. The van der Waals surface area contributed by atoms with E-state index in [-0.39, 0.29) is 12.2 Å². The third kappa shape index (κ3) is 5.19. The van der Waals surface area contributed by atoms with E-state index in [1.165, 1.54) is 0 Å². The number of aliphatic hydroxyl groups is 1. The van der Waals surface area contributed by atoms with Crippen LogP contribution < -0.4 is 15.4 Å². The van der Waals surface area contributed by atoms with E-state index < -0.39 is 0 Å². The second kappa shape index (κ2) is 9.88. The Labute approximate surface area is 179 Å². The predicted molar refractivity (Wildman–Crippen MR) is 119 cm³/mol. The molecule has 1 saturated heterocycles. The van der Waals surface area contributed by atoms with Crippen LogP contribution in [0.4, 0.5) is 5.95 Å². The molecule has 1 saturated carbocycles. The highest BCUT2D eigenvalue weighted by atomic mass is 16.5. The molecule has 3 heterocycles. The number of ether oxygens (including phenoxy) is 1. The minimum Gasteiger partial charge on any atom is -0.474 e. The van der Waals surface area contributed by atoms with Crippen molar-refractivity contribution >= 4 is 16.9 Å². The molecule has 30 heavy (non-hydrogen) atoms. The van der Waals surface area contributed by atoms with Gasteiger partial charge in [0, 0.05) is 24.5 Å². The second-order valence-electron chi connectivity index (χ2n) is 9.16. The number of piperidine rings is 1. The van der Waals surface area contributed by atoms with E-state index in [0.29, 0.717) is 23.7 Å². The number of rotatable bonds is 7. The summed E-state index contributed by atoms with van der Waals surface area (Å²) in [4.78, 5) is 14.2. The number of hydrogen-bond acceptors (Lipinski definition) is 7. The van der Waals surface area contributed by atoms with Crippen LogP contribution in [0.3, 0.4) is 0 Å². The van der Waals surface area contributed by atoms with Crippen LogP contribution in [0, 0.1) is 5.92 Å². The topological polar surface area (TPSA) is 92.2 Å². The van der Waals surface area contributed by atoms with Gasteiger partial charge in [-0.2, -0.15) is 0 Å². The molecular weight excluding hydrogens is 378 g/mol. The van der Waals surface area contributed by atoms with Crippen molar-refractivity contribution in [1.29, 1.82) is 0 Å². The Morgan fingerprint density at radius 2 is 1.87 bits per heavy atom. The summed E-state index contributed by atoms with van der Waals surface area (Å²) in [6.45, 7) is 7.25. The highest BCUT2D eigenvalue weighted by Gasteiger charge is 2.25. The first-order chi connectivity index (χ1) is 14.6. The Morgan fingerprint density at radius 1 is 1.10 bits per heavy atom. The summed E-state index contributed by atoms with van der Waals surface area (Å²) in [7, 11) is 0. The fraction of sp³-hybridized carbons (Fsp3) is 0.696. The molecule has 0 amide bonds. The van der Waals surface area contributed by atoms with Crippen molar-refractivity contribution in [1.82, 2.24) is 20.3 Å². The van der Waals surface area contributed by atoms with Crippen molar-refractivity contribution in [3.8, 4) is 5.88 Å². The molecule has 4 rings (SSSR count). The van der Waals surface area contributed by atoms with Crippen LogP contribution >= 0.6 is 0 Å². The predicted octanol–water partition coefficient (Wildman–Crippen LogP) is 3.63. The van der Waals surface area contributed by atoms with Crippen LogP contribution in [0.5, 0.6) is 5.88 Å². The second-order valence-corrected chi connectivity index (χ2v) is 9.16. The zero-order valence-electron chi connectivity index (χ0n) is 18.2. The summed E-state index contributed by atoms with van der Waals surface area (Å²) >= 11 is 0. The zero-order valence-corrected chi connectivity index (χ0v) is 18.2. The van der Waals surface area contributed by atoms with E-state index >= 15 is 0 Å². The van der Waals surface area contributed by atoms with E-state index in [4.69, 9.17) is 14.7 Å². The van der Waals surface area contributed by atoms with E-state index in [1.807, 2.05) is 12.4 Å². The van der Waals surface area contributed by atoms with Gasteiger partial charge < -0.3 is 20.5 Å². The average Bonchev–Trinajstić information content (AvgIpc) is 2.75. The molecule has 2 fully saturated rings. The molecular formula is C23H35N5O2. The average molecular weight is 414 g/mol. The van der Waals surface area contributed by atoms with E-state index in [2.05, 4.69) is 29.5 Å². The van der Waals surface area contributed by atoms with Gasteiger partial charge in [0.05, 0.1) is 17.0 Å². The van der Waals surface area contributed by atoms with Crippen molar-refractivity contribution in [2.24, 2.45) is 5.92 Å². The van der Waals surface area contributed by atoms with Gasteiger partial charge in [0.25, 0.3) is 0 Å². The first-order valence-electron chi connectivity index (χ1n) is 11.5. The van der Waals surface area contributed by atoms with E-state index in [1.54, 1.807) is 0 Å². The number of anilines is 1. The molecule has 7 heteroatoms. The van der Waals surface area contributed by atoms with Gasteiger partial charge in [-0.25, -0.2) is 15.0 Å². The highest BCUT2D eigenvalue weighted by molar-refractivity contribution is 5.86. The lowest BCUT2D eigenvalue weighted by atomic mass is 9.83. The first kappa shape index (κ1) is 21.2. The standard InChI is InChI=1S/C23H35N5O2/c1-15(2)7-12-25-23-27-14-20-21(28-23)19(16-3-5-17(29)6-4-16)13-26-22(20)30-18-8-10-24-11-9-18/h13-18,24,29H,3-12H2,1-2H3,(H,25,27,28)/t16-,17-. The molecule has 2 aromatic heterocycles. The quantitative estimate of drug-likeness (QED) is 0.638. The lowest BCUT2D eigenvalue weighted by Crippen LogP contribution is -2.34. The van der Waals surface area contributed by atoms with Crippen LogP contribution in [-0.4, -0.2) is 51.9 Å². The minimum absolute atomic E-state index is 0.175. The molecule has 0 unspecified atom stereocenters. The number of hydrogen-bond donors (Lipinski definition) is 3. The van der Waals surface area contributed by atoms with Gasteiger partial charge in [-0.15, -0.1) is 0 Å². The van der Waals surface area contributed by atoms with E-state index in [9.17, 15) is 5.11 Å². The van der Waals surface area contributed by atoms with Crippen molar-refractivity contribution in [2.45, 2.75) is 76.9 Å². The van der Waals surface area contributed by atoms with Crippen molar-refractivity contribution in [2.75, 3.05) is 25.0 Å². The van der Waals surface area contributed by atoms with Crippen LogP contribution in [0.1, 0.15) is 70.3 Å². The van der Waals surface area contributed by atoms with Crippen LogP contribution in [0.2, 0.25) is 0 Å². The molecule has 0 bridgehead atoms. The van der Waals surface area contributed by atoms with Crippen LogP contribution in [0.15, 0.2) is 12.4 Å². The number of aliphatic hydroxyl groups excluding tert-OH is 1. The maximum Gasteiger partial charge on any atom is 0.224 e. The Morgan fingerprint density at radius 3 is 2.60 bits per heavy atom. The third-order valence-corrected chi connectivity index (χ3v) is 6.32.